The van der Waals surface area contributed by atoms with Crippen molar-refractivity contribution >= 4 is 5.57 Å². The summed E-state index contributed by atoms with van der Waals surface area (Å²) >= 11 is 0. The van der Waals surface area contributed by atoms with Crippen LogP contribution in [0.1, 0.15) is 36.4 Å². The molecule has 0 fully saturated rings. The summed E-state index contributed by atoms with van der Waals surface area (Å²) in [6, 6.07) is 14.5. The molecule has 0 N–H and O–H groups in total. The van der Waals surface area contributed by atoms with Crippen LogP contribution in [0.3, 0.4) is 0 Å². The molecule has 2 heteroatoms. The van der Waals surface area contributed by atoms with Crippen LogP contribution in [0.15, 0.2) is 55.1 Å². The average Bonchev–Trinajstić information content (AvgIpc) is 2.90. The number of allylic oxidation sites excluding steroid dienone is 1. The van der Waals surface area contributed by atoms with Crippen molar-refractivity contribution in [3.63, 3.8) is 0 Å². The number of aryl methyl sites for hydroxylation is 1. The second-order valence-corrected chi connectivity index (χ2v) is 5.01. The lowest BCUT2D eigenvalue weighted by Crippen LogP contribution is -2.02. The highest BCUT2D eigenvalue weighted by molar-refractivity contribution is 5.76. The number of aromatic nitrogens is 1. The van der Waals surface area contributed by atoms with Crippen LogP contribution in [0.2, 0.25) is 0 Å². The molecule has 0 aliphatic heterocycles. The summed E-state index contributed by atoms with van der Waals surface area (Å²) in [5.41, 5.74) is 6.04. The fourth-order valence-corrected chi connectivity index (χ4v) is 2.19. The maximum absolute atomic E-state index is 8.83. The van der Waals surface area contributed by atoms with E-state index in [0.29, 0.717) is 12.0 Å². The molecule has 1 heterocycles. The highest BCUT2D eigenvalue weighted by atomic mass is 15.0. The topological polar surface area (TPSA) is 28.7 Å². The lowest BCUT2D eigenvalue weighted by Gasteiger charge is -2.10. The number of hydrogen-bond acceptors (Lipinski definition) is 1. The van der Waals surface area contributed by atoms with Crippen LogP contribution in [0.5, 0.6) is 0 Å². The highest BCUT2D eigenvalue weighted by Crippen LogP contribution is 2.24. The molecule has 0 bridgehead atoms. The van der Waals surface area contributed by atoms with E-state index < -0.39 is 0 Å². The van der Waals surface area contributed by atoms with Crippen molar-refractivity contribution in [2.75, 3.05) is 0 Å². The van der Waals surface area contributed by atoms with Gasteiger partial charge in [0, 0.05) is 30.4 Å². The van der Waals surface area contributed by atoms with Crippen molar-refractivity contribution < 1.29 is 0 Å². The highest BCUT2D eigenvalue weighted by Gasteiger charge is 2.10. The Balaban J connectivity index is 0.00000116. The average molecular weight is 292 g/mol. The van der Waals surface area contributed by atoms with E-state index in [1.807, 2.05) is 33.0 Å². The second kappa shape index (κ2) is 8.05. The molecule has 114 valence electrons. The zero-order valence-electron chi connectivity index (χ0n) is 14.0. The molecule has 2 nitrogen and oxygen atoms in total. The fraction of sp³-hybridized carbons (Fsp3) is 0.250. The predicted octanol–water partition coefficient (Wildman–Crippen LogP) is 5.04. The van der Waals surface area contributed by atoms with Gasteiger partial charge in [0.15, 0.2) is 0 Å². The standard InChI is InChI=1S/C18H18N2.C2H6/c1-13-5-7-16(8-6-13)15(3)18-10-9-17(20(18)4)11-14(2)12-19;1-2/h5-10H,2-3,11H2,1,4H3;1-2H3. The zero-order valence-corrected chi connectivity index (χ0v) is 14.0. The Morgan fingerprint density at radius 2 is 1.68 bits per heavy atom. The second-order valence-electron chi connectivity index (χ2n) is 5.01. The van der Waals surface area contributed by atoms with E-state index >= 15 is 0 Å². The number of rotatable bonds is 4. The normalized spacial score (nSPS) is 9.41. The van der Waals surface area contributed by atoms with Gasteiger partial charge in [-0.3, -0.25) is 0 Å². The van der Waals surface area contributed by atoms with Crippen LogP contribution in [0, 0.1) is 18.3 Å². The van der Waals surface area contributed by atoms with Gasteiger partial charge in [0.2, 0.25) is 0 Å². The Morgan fingerprint density at radius 1 is 1.09 bits per heavy atom. The zero-order chi connectivity index (χ0) is 16.7. The smallest absolute Gasteiger partial charge is 0.0944 e. The van der Waals surface area contributed by atoms with Gasteiger partial charge in [-0.25, -0.2) is 0 Å². The maximum atomic E-state index is 8.83. The summed E-state index contributed by atoms with van der Waals surface area (Å²) in [6.45, 7) is 14.0. The van der Waals surface area contributed by atoms with E-state index in [4.69, 9.17) is 5.26 Å². The molecule has 0 saturated carbocycles. The Labute approximate surface area is 134 Å². The summed E-state index contributed by atoms with van der Waals surface area (Å²) in [5.74, 6) is 0. The largest absolute Gasteiger partial charge is 0.347 e. The fourth-order valence-electron chi connectivity index (χ4n) is 2.19. The van der Waals surface area contributed by atoms with Crippen molar-refractivity contribution in [3.8, 4) is 6.07 Å². The first-order valence-corrected chi connectivity index (χ1v) is 7.51. The Bertz CT molecular complexity index is 694. The molecule has 0 atom stereocenters. The summed E-state index contributed by atoms with van der Waals surface area (Å²) < 4.78 is 2.07. The third kappa shape index (κ3) is 3.99. The summed E-state index contributed by atoms with van der Waals surface area (Å²) in [4.78, 5) is 0. The van der Waals surface area contributed by atoms with Crippen LogP contribution in [-0.2, 0) is 13.5 Å². The quantitative estimate of drug-likeness (QED) is 0.725. The summed E-state index contributed by atoms with van der Waals surface area (Å²) in [5, 5.41) is 8.83. The van der Waals surface area contributed by atoms with E-state index in [1.165, 1.54) is 5.56 Å². The van der Waals surface area contributed by atoms with Crippen LogP contribution < -0.4 is 0 Å². The molecule has 22 heavy (non-hydrogen) atoms. The number of nitrogens with zero attached hydrogens (tertiary/aromatic N) is 2. The van der Waals surface area contributed by atoms with Crippen molar-refractivity contribution in [2.24, 2.45) is 7.05 Å². The minimum atomic E-state index is 0.568. The molecule has 0 amide bonds. The van der Waals surface area contributed by atoms with Gasteiger partial charge in [-0.2, -0.15) is 5.26 Å². The Hall–Kier alpha value is -2.53. The maximum Gasteiger partial charge on any atom is 0.0944 e. The SMILES string of the molecule is C=C(C#N)Cc1ccc(C(=C)c2ccc(C)cc2)n1C.CC. The minimum absolute atomic E-state index is 0.568. The predicted molar refractivity (Wildman–Crippen MR) is 94.5 cm³/mol. The van der Waals surface area contributed by atoms with Crippen LogP contribution >= 0.6 is 0 Å². The molecular weight excluding hydrogens is 268 g/mol. The molecule has 1 aromatic heterocycles. The van der Waals surface area contributed by atoms with E-state index in [9.17, 15) is 0 Å². The van der Waals surface area contributed by atoms with Gasteiger partial charge in [0.1, 0.15) is 0 Å². The Morgan fingerprint density at radius 3 is 2.23 bits per heavy atom. The van der Waals surface area contributed by atoms with Crippen molar-refractivity contribution in [1.29, 1.82) is 5.26 Å². The van der Waals surface area contributed by atoms with Crippen molar-refractivity contribution in [1.82, 2.24) is 4.57 Å². The minimum Gasteiger partial charge on any atom is -0.347 e. The van der Waals surface area contributed by atoms with E-state index in [2.05, 4.69) is 55.0 Å². The first-order valence-electron chi connectivity index (χ1n) is 7.51. The first-order chi connectivity index (χ1) is 10.5. The van der Waals surface area contributed by atoms with Crippen molar-refractivity contribution in [3.05, 3.63) is 77.6 Å². The lowest BCUT2D eigenvalue weighted by molar-refractivity contribution is 0.839. The monoisotopic (exact) mass is 292 g/mol. The number of benzene rings is 1. The van der Waals surface area contributed by atoms with Gasteiger partial charge in [0.05, 0.1) is 6.07 Å². The third-order valence-corrected chi connectivity index (χ3v) is 3.49. The number of hydrogen-bond donors (Lipinski definition) is 0. The molecular formula is C20H24N2. The van der Waals surface area contributed by atoms with E-state index in [-0.39, 0.29) is 0 Å². The van der Waals surface area contributed by atoms with Gasteiger partial charge in [0.25, 0.3) is 0 Å². The van der Waals surface area contributed by atoms with Crippen LogP contribution in [0.4, 0.5) is 0 Å². The molecule has 2 rings (SSSR count). The molecule has 0 aliphatic rings. The molecule has 0 radical (unpaired) electrons. The van der Waals surface area contributed by atoms with Gasteiger partial charge in [-0.05, 0) is 30.2 Å². The molecule has 0 aliphatic carbocycles. The molecule has 0 spiro atoms. The van der Waals surface area contributed by atoms with Crippen LogP contribution in [0.25, 0.3) is 5.57 Å². The summed E-state index contributed by atoms with van der Waals surface area (Å²) in [6.07, 6.45) is 0.578. The van der Waals surface area contributed by atoms with Gasteiger partial charge >= 0.3 is 0 Å². The van der Waals surface area contributed by atoms with Gasteiger partial charge in [-0.15, -0.1) is 0 Å². The van der Waals surface area contributed by atoms with Gasteiger partial charge < -0.3 is 4.57 Å². The Kier molecular flexibility index (Phi) is 6.41. The van der Waals surface area contributed by atoms with Crippen LogP contribution in [-0.4, -0.2) is 4.57 Å². The van der Waals surface area contributed by atoms with E-state index in [0.717, 1.165) is 22.5 Å². The first kappa shape index (κ1) is 17.5. The molecule has 0 saturated heterocycles. The third-order valence-electron chi connectivity index (χ3n) is 3.49. The number of nitriles is 1. The van der Waals surface area contributed by atoms with E-state index in [1.54, 1.807) is 0 Å². The molecule has 1 aromatic carbocycles. The summed E-state index contributed by atoms with van der Waals surface area (Å²) in [7, 11) is 1.99. The van der Waals surface area contributed by atoms with Crippen molar-refractivity contribution in [2.45, 2.75) is 27.2 Å². The molecule has 0 unspecified atom stereocenters. The lowest BCUT2D eigenvalue weighted by atomic mass is 10.0. The van der Waals surface area contributed by atoms with Gasteiger partial charge in [-0.1, -0.05) is 56.8 Å². The molecule has 2 aromatic rings.